The Morgan fingerprint density at radius 1 is 1.41 bits per heavy atom. The minimum atomic E-state index is -3.36. The van der Waals surface area contributed by atoms with E-state index in [1.807, 2.05) is 26.2 Å². The van der Waals surface area contributed by atoms with E-state index in [0.717, 1.165) is 5.69 Å². The van der Waals surface area contributed by atoms with Gasteiger partial charge in [0.2, 0.25) is 10.0 Å². The zero-order valence-electron chi connectivity index (χ0n) is 10.5. The fourth-order valence-corrected chi connectivity index (χ4v) is 3.01. The van der Waals surface area contributed by atoms with E-state index in [-0.39, 0.29) is 6.04 Å². The van der Waals surface area contributed by atoms with Gasteiger partial charge >= 0.3 is 0 Å². The van der Waals surface area contributed by atoms with Gasteiger partial charge < -0.3 is 5.32 Å². The Morgan fingerprint density at radius 3 is 2.53 bits per heavy atom. The predicted molar refractivity (Wildman–Crippen MR) is 72.0 cm³/mol. The molecule has 1 aromatic rings. The van der Waals surface area contributed by atoms with Crippen LogP contribution in [0.1, 0.15) is 26.5 Å². The van der Waals surface area contributed by atoms with Gasteiger partial charge in [0.15, 0.2) is 5.13 Å². The molecule has 17 heavy (non-hydrogen) atoms. The van der Waals surface area contributed by atoms with Gasteiger partial charge in [-0.15, -0.1) is 11.3 Å². The molecule has 0 aliphatic rings. The third-order valence-electron chi connectivity index (χ3n) is 2.19. The summed E-state index contributed by atoms with van der Waals surface area (Å²) in [5.74, 6) is 0. The maximum absolute atomic E-state index is 11.9. The van der Waals surface area contributed by atoms with Crippen LogP contribution in [0.3, 0.4) is 0 Å². The molecule has 0 aromatic carbocycles. The number of rotatable bonds is 6. The van der Waals surface area contributed by atoms with Crippen molar-refractivity contribution in [3.8, 4) is 0 Å². The Hall–Kier alpha value is -0.660. The van der Waals surface area contributed by atoms with Gasteiger partial charge in [0.05, 0.1) is 10.9 Å². The fourth-order valence-electron chi connectivity index (χ4n) is 1.13. The van der Waals surface area contributed by atoms with E-state index in [0.29, 0.717) is 11.7 Å². The summed E-state index contributed by atoms with van der Waals surface area (Å²) in [7, 11) is -3.36. The second-order valence-corrected chi connectivity index (χ2v) is 7.27. The van der Waals surface area contributed by atoms with Gasteiger partial charge in [-0.2, -0.15) is 0 Å². The summed E-state index contributed by atoms with van der Waals surface area (Å²) in [6.45, 7) is 7.90. The lowest BCUT2D eigenvalue weighted by Gasteiger charge is -2.15. The largest absolute Gasteiger partial charge is 0.313 e. The van der Waals surface area contributed by atoms with Crippen LogP contribution in [0, 0.1) is 6.92 Å². The third-order valence-corrected chi connectivity index (χ3v) is 4.90. The monoisotopic (exact) mass is 277 g/mol. The molecule has 98 valence electrons. The summed E-state index contributed by atoms with van der Waals surface area (Å²) in [6, 6.07) is 0.273. The second-order valence-electron chi connectivity index (χ2n) is 4.31. The highest BCUT2D eigenvalue weighted by atomic mass is 32.2. The molecule has 5 nitrogen and oxygen atoms in total. The van der Waals surface area contributed by atoms with Crippen LogP contribution in [0.25, 0.3) is 0 Å². The highest BCUT2D eigenvalue weighted by Crippen LogP contribution is 2.17. The summed E-state index contributed by atoms with van der Waals surface area (Å²) in [5, 5.41) is 4.86. The first-order valence-electron chi connectivity index (χ1n) is 5.48. The molecule has 2 N–H and O–H groups in total. The van der Waals surface area contributed by atoms with Crippen LogP contribution < -0.4 is 10.0 Å². The molecule has 0 saturated heterocycles. The number of hydrogen-bond donors (Lipinski definition) is 2. The Kier molecular flexibility index (Phi) is 4.91. The predicted octanol–water partition coefficient (Wildman–Crippen LogP) is 1.58. The van der Waals surface area contributed by atoms with Crippen LogP contribution in [-0.2, 0) is 10.0 Å². The molecule has 7 heteroatoms. The smallest absolute Gasteiger partial charge is 0.238 e. The molecule has 1 atom stereocenters. The average molecular weight is 277 g/mol. The molecule has 0 saturated carbocycles. The molecule has 0 amide bonds. The fraction of sp³-hybridized carbons (Fsp3) is 0.700. The van der Waals surface area contributed by atoms with Crippen LogP contribution in [0.4, 0.5) is 5.13 Å². The molecule has 0 fully saturated rings. The van der Waals surface area contributed by atoms with Crippen molar-refractivity contribution in [3.05, 3.63) is 11.1 Å². The lowest BCUT2D eigenvalue weighted by molar-refractivity contribution is 0.553. The van der Waals surface area contributed by atoms with Gasteiger partial charge in [-0.3, -0.25) is 4.72 Å². The molecule has 1 heterocycles. The Labute approximate surface area is 107 Å². The van der Waals surface area contributed by atoms with E-state index in [1.54, 1.807) is 6.92 Å². The molecule has 0 aliphatic carbocycles. The van der Waals surface area contributed by atoms with Gasteiger partial charge in [-0.1, -0.05) is 13.8 Å². The van der Waals surface area contributed by atoms with Crippen LogP contribution >= 0.6 is 11.3 Å². The van der Waals surface area contributed by atoms with E-state index >= 15 is 0 Å². The first-order chi connectivity index (χ1) is 7.81. The molecule has 0 bridgehead atoms. The average Bonchev–Trinajstić information content (AvgIpc) is 2.59. The van der Waals surface area contributed by atoms with E-state index < -0.39 is 15.3 Å². The lowest BCUT2D eigenvalue weighted by atomic mass is 10.3. The number of aromatic nitrogens is 1. The van der Waals surface area contributed by atoms with E-state index in [9.17, 15) is 8.42 Å². The van der Waals surface area contributed by atoms with Crippen molar-refractivity contribution in [2.45, 2.75) is 39.0 Å². The van der Waals surface area contributed by atoms with Crippen molar-refractivity contribution in [3.63, 3.8) is 0 Å². The number of anilines is 1. The van der Waals surface area contributed by atoms with Crippen molar-refractivity contribution in [2.75, 3.05) is 11.3 Å². The van der Waals surface area contributed by atoms with Crippen LogP contribution in [0.2, 0.25) is 0 Å². The molecule has 1 rings (SSSR count). The Morgan fingerprint density at radius 2 is 2.06 bits per heavy atom. The Bertz CT molecular complexity index is 454. The van der Waals surface area contributed by atoms with Crippen molar-refractivity contribution in [1.82, 2.24) is 10.3 Å². The number of nitrogens with zero attached hydrogens (tertiary/aromatic N) is 1. The summed E-state index contributed by atoms with van der Waals surface area (Å²) < 4.78 is 26.4. The first-order valence-corrected chi connectivity index (χ1v) is 7.91. The standard InChI is InChI=1S/C10H19N3O2S2/c1-7(2)11-5-9(4)17(14,15)13-10-12-8(3)6-16-10/h6-7,9,11H,5H2,1-4H3,(H,12,13). The number of aryl methyl sites for hydroxylation is 1. The molecule has 1 aromatic heterocycles. The van der Waals surface area contributed by atoms with Crippen molar-refractivity contribution in [2.24, 2.45) is 0 Å². The van der Waals surface area contributed by atoms with Gasteiger partial charge in [0, 0.05) is 18.0 Å². The molecule has 1 unspecified atom stereocenters. The minimum absolute atomic E-state index is 0.273. The van der Waals surface area contributed by atoms with Crippen molar-refractivity contribution >= 4 is 26.5 Å². The summed E-state index contributed by atoms with van der Waals surface area (Å²) >= 11 is 1.30. The van der Waals surface area contributed by atoms with E-state index in [4.69, 9.17) is 0 Å². The summed E-state index contributed by atoms with van der Waals surface area (Å²) in [5.41, 5.74) is 0.820. The van der Waals surface area contributed by atoms with Crippen LogP contribution in [-0.4, -0.2) is 31.2 Å². The van der Waals surface area contributed by atoms with E-state index in [1.165, 1.54) is 11.3 Å². The first kappa shape index (κ1) is 14.4. The highest BCUT2D eigenvalue weighted by Gasteiger charge is 2.21. The topological polar surface area (TPSA) is 71.1 Å². The number of thiazole rings is 1. The molecule has 0 spiro atoms. The van der Waals surface area contributed by atoms with E-state index in [2.05, 4.69) is 15.0 Å². The van der Waals surface area contributed by atoms with Gasteiger partial charge in [-0.25, -0.2) is 13.4 Å². The molecule has 0 radical (unpaired) electrons. The summed E-state index contributed by atoms with van der Waals surface area (Å²) in [4.78, 5) is 4.08. The molecular weight excluding hydrogens is 258 g/mol. The van der Waals surface area contributed by atoms with Gasteiger partial charge in [-0.05, 0) is 13.8 Å². The molecule has 0 aliphatic heterocycles. The quantitative estimate of drug-likeness (QED) is 0.828. The van der Waals surface area contributed by atoms with Crippen LogP contribution in [0.15, 0.2) is 5.38 Å². The van der Waals surface area contributed by atoms with Gasteiger partial charge in [0.1, 0.15) is 0 Å². The zero-order chi connectivity index (χ0) is 13.1. The Balaban J connectivity index is 2.61. The normalized spacial score (nSPS) is 13.9. The minimum Gasteiger partial charge on any atom is -0.313 e. The number of sulfonamides is 1. The molecular formula is C10H19N3O2S2. The maximum atomic E-state index is 11.9. The lowest BCUT2D eigenvalue weighted by Crippen LogP contribution is -2.37. The second kappa shape index (κ2) is 5.79. The zero-order valence-corrected chi connectivity index (χ0v) is 12.2. The van der Waals surface area contributed by atoms with Gasteiger partial charge in [0.25, 0.3) is 0 Å². The maximum Gasteiger partial charge on any atom is 0.238 e. The highest BCUT2D eigenvalue weighted by molar-refractivity contribution is 7.93. The van der Waals surface area contributed by atoms with Crippen molar-refractivity contribution < 1.29 is 8.42 Å². The SMILES string of the molecule is Cc1csc(NS(=O)(=O)C(C)CNC(C)C)n1. The third kappa shape index (κ3) is 4.61. The summed E-state index contributed by atoms with van der Waals surface area (Å²) in [6.07, 6.45) is 0. The van der Waals surface area contributed by atoms with Crippen LogP contribution in [0.5, 0.6) is 0 Å². The number of hydrogen-bond acceptors (Lipinski definition) is 5. The number of nitrogens with one attached hydrogen (secondary N) is 2. The van der Waals surface area contributed by atoms with Crippen molar-refractivity contribution in [1.29, 1.82) is 0 Å².